The lowest BCUT2D eigenvalue weighted by molar-refractivity contribution is -0.157. The Bertz CT molecular complexity index is 1170. The maximum atomic E-state index is 13.1. The molecular formula is C21H16Cl2N4O2. The Morgan fingerprint density at radius 1 is 1.03 bits per heavy atom. The van der Waals surface area contributed by atoms with Gasteiger partial charge >= 0.3 is 0 Å². The molecule has 2 aromatic carbocycles. The number of carbonyl (C=O) groups is 2. The third-order valence-electron chi connectivity index (χ3n) is 5.47. The fourth-order valence-electron chi connectivity index (χ4n) is 4.02. The monoisotopic (exact) mass is 426 g/mol. The average Bonchev–Trinajstić information content (AvgIpc) is 3.07. The number of benzene rings is 2. The molecule has 3 heterocycles. The first-order valence-corrected chi connectivity index (χ1v) is 9.96. The van der Waals surface area contributed by atoms with Crippen molar-refractivity contribution in [2.45, 2.75) is 19.0 Å². The van der Waals surface area contributed by atoms with E-state index < -0.39 is 6.04 Å². The molecule has 8 heteroatoms. The summed E-state index contributed by atoms with van der Waals surface area (Å²) >= 11 is 12.3. The second kappa shape index (κ2) is 6.90. The number of piperazine rings is 1. The van der Waals surface area contributed by atoms with Crippen molar-refractivity contribution in [3.63, 3.8) is 0 Å². The summed E-state index contributed by atoms with van der Waals surface area (Å²) < 4.78 is 0. The maximum Gasteiger partial charge on any atom is 0.266 e. The molecule has 0 unspecified atom stereocenters. The minimum atomic E-state index is -0.568. The first-order valence-electron chi connectivity index (χ1n) is 9.20. The zero-order valence-electron chi connectivity index (χ0n) is 15.2. The minimum Gasteiger partial charge on any atom is -0.357 e. The van der Waals surface area contributed by atoms with E-state index >= 15 is 0 Å². The van der Waals surface area contributed by atoms with Crippen LogP contribution in [-0.4, -0.2) is 45.5 Å². The highest BCUT2D eigenvalue weighted by molar-refractivity contribution is 6.38. The van der Waals surface area contributed by atoms with Crippen molar-refractivity contribution in [1.82, 2.24) is 14.9 Å². The molecule has 0 aliphatic carbocycles. The zero-order valence-corrected chi connectivity index (χ0v) is 16.7. The van der Waals surface area contributed by atoms with Crippen LogP contribution in [0.15, 0.2) is 47.6 Å². The van der Waals surface area contributed by atoms with Crippen LogP contribution in [0.25, 0.3) is 10.9 Å². The van der Waals surface area contributed by atoms with Gasteiger partial charge in [-0.3, -0.25) is 9.59 Å². The molecule has 1 fully saturated rings. The number of hydrogen-bond acceptors (Lipinski definition) is 3. The molecule has 29 heavy (non-hydrogen) atoms. The number of H-pyrrole nitrogens is 1. The molecule has 2 amide bonds. The summed E-state index contributed by atoms with van der Waals surface area (Å²) in [5.41, 5.74) is 3.60. The number of aromatic nitrogens is 1. The van der Waals surface area contributed by atoms with Crippen LogP contribution < -0.4 is 0 Å². The maximum absolute atomic E-state index is 13.1. The van der Waals surface area contributed by atoms with Crippen molar-refractivity contribution in [3.8, 4) is 0 Å². The summed E-state index contributed by atoms with van der Waals surface area (Å²) in [6, 6.07) is 12.5. The lowest BCUT2D eigenvalue weighted by Gasteiger charge is -2.40. The van der Waals surface area contributed by atoms with Crippen LogP contribution >= 0.6 is 23.2 Å². The van der Waals surface area contributed by atoms with Crippen molar-refractivity contribution in [1.29, 1.82) is 0 Å². The van der Waals surface area contributed by atoms with Gasteiger partial charge in [-0.15, -0.1) is 0 Å². The van der Waals surface area contributed by atoms with Gasteiger partial charge in [-0.05, 0) is 23.8 Å². The van der Waals surface area contributed by atoms with Crippen LogP contribution in [0, 0.1) is 0 Å². The van der Waals surface area contributed by atoms with Gasteiger partial charge in [0.1, 0.15) is 12.6 Å². The van der Waals surface area contributed by atoms with Gasteiger partial charge in [0.25, 0.3) is 5.91 Å². The standard InChI is InChI=1S/C21H16Cl2N4O2/c22-15-5-3-6-16(23)14(15)9-24-27-11-20(28)26-10-18-13(8-19(26)21(27)29)12-4-1-2-7-17(12)25-18/h1-7,9,19,25H,8,10-11H2/b24-9+/t19-/m1/s1. The van der Waals surface area contributed by atoms with E-state index in [-0.39, 0.29) is 18.4 Å². The van der Waals surface area contributed by atoms with Crippen LogP contribution in [0.1, 0.15) is 16.8 Å². The van der Waals surface area contributed by atoms with Gasteiger partial charge in [-0.2, -0.15) is 5.10 Å². The predicted molar refractivity (Wildman–Crippen MR) is 112 cm³/mol. The molecular weight excluding hydrogens is 411 g/mol. The third-order valence-corrected chi connectivity index (χ3v) is 6.13. The second-order valence-corrected chi connectivity index (χ2v) is 7.96. The average molecular weight is 427 g/mol. The first kappa shape index (κ1) is 18.2. The predicted octanol–water partition coefficient (Wildman–Crippen LogP) is 3.60. The fourth-order valence-corrected chi connectivity index (χ4v) is 4.51. The lowest BCUT2D eigenvalue weighted by atomic mass is 9.94. The molecule has 3 aromatic rings. The fraction of sp³-hybridized carbons (Fsp3) is 0.190. The van der Waals surface area contributed by atoms with E-state index in [1.165, 1.54) is 11.2 Å². The van der Waals surface area contributed by atoms with E-state index in [9.17, 15) is 9.59 Å². The number of carbonyl (C=O) groups excluding carboxylic acids is 2. The van der Waals surface area contributed by atoms with Crippen molar-refractivity contribution >= 4 is 52.1 Å². The number of aromatic amines is 1. The number of hydrogen-bond donors (Lipinski definition) is 1. The molecule has 1 saturated heterocycles. The number of hydrazone groups is 1. The molecule has 0 bridgehead atoms. The van der Waals surface area contributed by atoms with E-state index in [2.05, 4.69) is 10.1 Å². The highest BCUT2D eigenvalue weighted by Gasteiger charge is 2.43. The van der Waals surface area contributed by atoms with Gasteiger partial charge < -0.3 is 9.88 Å². The zero-order chi connectivity index (χ0) is 20.1. The minimum absolute atomic E-state index is 0.108. The van der Waals surface area contributed by atoms with Crippen LogP contribution in [0.5, 0.6) is 0 Å². The van der Waals surface area contributed by atoms with E-state index in [4.69, 9.17) is 23.2 Å². The van der Waals surface area contributed by atoms with Gasteiger partial charge in [0.05, 0.1) is 22.8 Å². The number of rotatable bonds is 2. The lowest BCUT2D eigenvalue weighted by Crippen LogP contribution is -2.60. The molecule has 1 aromatic heterocycles. The molecule has 2 aliphatic rings. The second-order valence-electron chi connectivity index (χ2n) is 7.15. The summed E-state index contributed by atoms with van der Waals surface area (Å²) in [6.07, 6.45) is 1.90. The molecule has 0 radical (unpaired) electrons. The van der Waals surface area contributed by atoms with E-state index in [0.717, 1.165) is 22.2 Å². The first-order chi connectivity index (χ1) is 14.0. The molecule has 5 rings (SSSR count). The Morgan fingerprint density at radius 2 is 1.79 bits per heavy atom. The van der Waals surface area contributed by atoms with Crippen LogP contribution in [0.3, 0.4) is 0 Å². The van der Waals surface area contributed by atoms with E-state index in [1.807, 2.05) is 24.3 Å². The van der Waals surface area contributed by atoms with Gasteiger partial charge in [-0.25, -0.2) is 5.01 Å². The largest absolute Gasteiger partial charge is 0.357 e. The molecule has 1 atom stereocenters. The van der Waals surface area contributed by atoms with E-state index in [0.29, 0.717) is 28.6 Å². The van der Waals surface area contributed by atoms with Crippen molar-refractivity contribution in [3.05, 3.63) is 69.3 Å². The Balaban J connectivity index is 1.46. The molecule has 2 aliphatic heterocycles. The SMILES string of the molecule is O=C1[C@H]2Cc3c([nH]c4ccccc34)CN2C(=O)CN1/N=C/c1c(Cl)cccc1Cl. The normalized spacial score (nSPS) is 19.2. The molecule has 146 valence electrons. The summed E-state index contributed by atoms with van der Waals surface area (Å²) in [5, 5.41) is 7.40. The number of amides is 2. The summed E-state index contributed by atoms with van der Waals surface area (Å²) in [5.74, 6) is -0.346. The molecule has 0 saturated carbocycles. The van der Waals surface area contributed by atoms with Gasteiger partial charge in [0, 0.05) is 28.6 Å². The molecule has 0 spiro atoms. The third kappa shape index (κ3) is 2.99. The van der Waals surface area contributed by atoms with Crippen LogP contribution in [0.2, 0.25) is 10.0 Å². The summed E-state index contributed by atoms with van der Waals surface area (Å²) in [6.45, 7) is 0.288. The Hall–Kier alpha value is -2.83. The van der Waals surface area contributed by atoms with Crippen molar-refractivity contribution in [2.75, 3.05) is 6.54 Å². The number of nitrogens with zero attached hydrogens (tertiary/aromatic N) is 3. The van der Waals surface area contributed by atoms with Gasteiger partial charge in [0.15, 0.2) is 0 Å². The van der Waals surface area contributed by atoms with E-state index in [1.54, 1.807) is 23.1 Å². The smallest absolute Gasteiger partial charge is 0.266 e. The Labute approximate surface area is 176 Å². The van der Waals surface area contributed by atoms with Crippen LogP contribution in [-0.2, 0) is 22.6 Å². The van der Waals surface area contributed by atoms with Crippen molar-refractivity contribution in [2.24, 2.45) is 5.10 Å². The van der Waals surface area contributed by atoms with Crippen LogP contribution in [0.4, 0.5) is 0 Å². The number of fused-ring (bicyclic) bond motifs is 4. The van der Waals surface area contributed by atoms with Gasteiger partial charge in [0.2, 0.25) is 5.91 Å². The summed E-state index contributed by atoms with van der Waals surface area (Å²) in [4.78, 5) is 30.9. The van der Waals surface area contributed by atoms with Crippen molar-refractivity contribution < 1.29 is 9.59 Å². The van der Waals surface area contributed by atoms with Gasteiger partial charge in [-0.1, -0.05) is 47.5 Å². The number of halogens is 2. The molecule has 6 nitrogen and oxygen atoms in total. The Kier molecular flexibility index (Phi) is 4.33. The number of para-hydroxylation sites is 1. The quantitative estimate of drug-likeness (QED) is 0.635. The molecule has 1 N–H and O–H groups in total. The summed E-state index contributed by atoms with van der Waals surface area (Å²) in [7, 11) is 0. The topological polar surface area (TPSA) is 68.8 Å². The highest BCUT2D eigenvalue weighted by Crippen LogP contribution is 2.32. The Morgan fingerprint density at radius 3 is 2.59 bits per heavy atom. The highest BCUT2D eigenvalue weighted by atomic mass is 35.5. The number of nitrogens with one attached hydrogen (secondary N) is 1.